The fourth-order valence-electron chi connectivity index (χ4n) is 1.56. The summed E-state index contributed by atoms with van der Waals surface area (Å²) >= 11 is 7.41. The van der Waals surface area contributed by atoms with E-state index in [-0.39, 0.29) is 0 Å². The highest BCUT2D eigenvalue weighted by atomic mass is 35.5. The third-order valence-corrected chi connectivity index (χ3v) is 3.44. The van der Waals surface area contributed by atoms with Gasteiger partial charge in [0.1, 0.15) is 22.4 Å². The molecule has 0 saturated carbocycles. The van der Waals surface area contributed by atoms with Gasteiger partial charge in [0.2, 0.25) is 0 Å². The Morgan fingerprint density at radius 2 is 2.28 bits per heavy atom. The molecule has 2 heterocycles. The van der Waals surface area contributed by atoms with Gasteiger partial charge < -0.3 is 10.4 Å². The number of rotatable bonds is 4. The molecule has 0 radical (unpaired) electrons. The zero-order valence-corrected chi connectivity index (χ0v) is 11.7. The van der Waals surface area contributed by atoms with Gasteiger partial charge in [-0.15, -0.1) is 0 Å². The summed E-state index contributed by atoms with van der Waals surface area (Å²) < 4.78 is 0. The fraction of sp³-hybridized carbons (Fsp3) is 0.333. The molecule has 0 saturated heterocycles. The molecule has 0 aliphatic rings. The Bertz CT molecular complexity index is 508. The van der Waals surface area contributed by atoms with E-state index in [2.05, 4.69) is 15.3 Å². The largest absolute Gasteiger partial charge is 0.384 e. The molecule has 0 unspecified atom stereocenters. The first kappa shape index (κ1) is 13.3. The van der Waals surface area contributed by atoms with Gasteiger partial charge in [-0.1, -0.05) is 11.6 Å². The standard InChI is InChI=1S/C12H14ClN3OS/c1-8-15-10(13)5-11(16-8)14-7-12(2,17)9-3-4-18-6-9/h3-6,17H,7H2,1-2H3,(H,14,15,16)/t12-/m0/s1. The first-order valence-electron chi connectivity index (χ1n) is 5.47. The second-order valence-electron chi connectivity index (χ2n) is 4.26. The maximum Gasteiger partial charge on any atom is 0.134 e. The predicted octanol–water partition coefficient (Wildman–Crippen LogP) is 2.82. The van der Waals surface area contributed by atoms with Gasteiger partial charge >= 0.3 is 0 Å². The van der Waals surface area contributed by atoms with Crippen LogP contribution in [-0.2, 0) is 5.60 Å². The van der Waals surface area contributed by atoms with Crippen molar-refractivity contribution in [2.45, 2.75) is 19.4 Å². The van der Waals surface area contributed by atoms with Crippen LogP contribution in [0.2, 0.25) is 5.15 Å². The molecule has 0 aliphatic carbocycles. The number of aliphatic hydroxyl groups is 1. The van der Waals surface area contributed by atoms with Crippen molar-refractivity contribution in [3.8, 4) is 0 Å². The molecule has 2 aromatic rings. The molecule has 0 fully saturated rings. The lowest BCUT2D eigenvalue weighted by Gasteiger charge is -2.23. The van der Waals surface area contributed by atoms with Gasteiger partial charge in [0, 0.05) is 12.6 Å². The van der Waals surface area contributed by atoms with E-state index in [0.717, 1.165) is 5.56 Å². The lowest BCUT2D eigenvalue weighted by molar-refractivity contribution is 0.0719. The molecular formula is C12H14ClN3OS. The first-order valence-corrected chi connectivity index (χ1v) is 6.79. The second-order valence-corrected chi connectivity index (χ2v) is 5.43. The molecule has 0 amide bonds. The van der Waals surface area contributed by atoms with Crippen LogP contribution in [0.15, 0.2) is 22.9 Å². The van der Waals surface area contributed by atoms with Crippen LogP contribution >= 0.6 is 22.9 Å². The van der Waals surface area contributed by atoms with Gasteiger partial charge in [-0.25, -0.2) is 9.97 Å². The van der Waals surface area contributed by atoms with Crippen molar-refractivity contribution >= 4 is 28.8 Å². The quantitative estimate of drug-likeness (QED) is 0.847. The molecule has 2 rings (SSSR count). The number of hydrogen-bond donors (Lipinski definition) is 2. The highest BCUT2D eigenvalue weighted by molar-refractivity contribution is 7.08. The Hall–Kier alpha value is -1.17. The topological polar surface area (TPSA) is 58.0 Å². The van der Waals surface area contributed by atoms with E-state index in [0.29, 0.717) is 23.3 Å². The van der Waals surface area contributed by atoms with Crippen LogP contribution in [0.1, 0.15) is 18.3 Å². The second kappa shape index (κ2) is 5.22. The summed E-state index contributed by atoms with van der Waals surface area (Å²) in [6.07, 6.45) is 0. The summed E-state index contributed by atoms with van der Waals surface area (Å²) in [5.41, 5.74) is -0.0532. The van der Waals surface area contributed by atoms with Crippen LogP contribution in [0.5, 0.6) is 0 Å². The van der Waals surface area contributed by atoms with Gasteiger partial charge in [0.15, 0.2) is 0 Å². The van der Waals surface area contributed by atoms with Gasteiger partial charge in [0.25, 0.3) is 0 Å². The van der Waals surface area contributed by atoms with E-state index in [4.69, 9.17) is 11.6 Å². The normalized spacial score (nSPS) is 14.2. The van der Waals surface area contributed by atoms with Crippen LogP contribution in [0.4, 0.5) is 5.82 Å². The number of nitrogens with one attached hydrogen (secondary N) is 1. The first-order chi connectivity index (χ1) is 8.47. The number of halogens is 1. The number of aryl methyl sites for hydroxylation is 1. The van der Waals surface area contributed by atoms with Crippen molar-refractivity contribution in [1.82, 2.24) is 9.97 Å². The molecule has 0 aromatic carbocycles. The summed E-state index contributed by atoms with van der Waals surface area (Å²) in [4.78, 5) is 8.19. The lowest BCUT2D eigenvalue weighted by Crippen LogP contribution is -2.30. The maximum atomic E-state index is 10.3. The number of anilines is 1. The molecule has 6 heteroatoms. The van der Waals surface area contributed by atoms with Gasteiger partial charge in [-0.05, 0) is 36.2 Å². The summed E-state index contributed by atoms with van der Waals surface area (Å²) in [6, 6.07) is 3.54. The van der Waals surface area contributed by atoms with Crippen molar-refractivity contribution in [1.29, 1.82) is 0 Å². The fourth-order valence-corrected chi connectivity index (χ4v) is 2.57. The van der Waals surface area contributed by atoms with Crippen LogP contribution in [0.25, 0.3) is 0 Å². The molecule has 0 spiro atoms. The molecular weight excluding hydrogens is 270 g/mol. The summed E-state index contributed by atoms with van der Waals surface area (Å²) in [5, 5.41) is 17.7. The molecule has 0 bridgehead atoms. The van der Waals surface area contributed by atoms with Crippen molar-refractivity contribution in [3.63, 3.8) is 0 Å². The molecule has 4 nitrogen and oxygen atoms in total. The van der Waals surface area contributed by atoms with Gasteiger partial charge in [0.05, 0.1) is 0 Å². The van der Waals surface area contributed by atoms with Crippen molar-refractivity contribution in [2.24, 2.45) is 0 Å². The summed E-state index contributed by atoms with van der Waals surface area (Å²) in [7, 11) is 0. The van der Waals surface area contributed by atoms with E-state index in [1.807, 2.05) is 16.8 Å². The van der Waals surface area contributed by atoms with Gasteiger partial charge in [-0.2, -0.15) is 11.3 Å². The minimum atomic E-state index is -0.939. The molecule has 0 aliphatic heterocycles. The third-order valence-electron chi connectivity index (χ3n) is 2.56. The maximum absolute atomic E-state index is 10.3. The zero-order valence-electron chi connectivity index (χ0n) is 10.1. The van der Waals surface area contributed by atoms with Crippen molar-refractivity contribution in [3.05, 3.63) is 39.4 Å². The Labute approximate surface area is 115 Å². The monoisotopic (exact) mass is 283 g/mol. The zero-order chi connectivity index (χ0) is 13.2. The van der Waals surface area contributed by atoms with E-state index < -0.39 is 5.60 Å². The summed E-state index contributed by atoms with van der Waals surface area (Å²) in [5.74, 6) is 1.21. The van der Waals surface area contributed by atoms with Crippen molar-refractivity contribution in [2.75, 3.05) is 11.9 Å². The van der Waals surface area contributed by atoms with E-state index in [1.165, 1.54) is 0 Å². The van der Waals surface area contributed by atoms with Crippen molar-refractivity contribution < 1.29 is 5.11 Å². The minimum Gasteiger partial charge on any atom is -0.384 e. The molecule has 1 atom stereocenters. The lowest BCUT2D eigenvalue weighted by atomic mass is 9.99. The van der Waals surface area contributed by atoms with Crippen LogP contribution < -0.4 is 5.32 Å². The number of nitrogens with zero attached hydrogens (tertiary/aromatic N) is 2. The SMILES string of the molecule is Cc1nc(Cl)cc(NC[C@](C)(O)c2ccsc2)n1. The molecule has 18 heavy (non-hydrogen) atoms. The van der Waals surface area contributed by atoms with Crippen LogP contribution in [0.3, 0.4) is 0 Å². The Morgan fingerprint density at radius 3 is 2.89 bits per heavy atom. The smallest absolute Gasteiger partial charge is 0.134 e. The van der Waals surface area contributed by atoms with Crippen LogP contribution in [-0.4, -0.2) is 21.6 Å². The third kappa shape index (κ3) is 3.19. The van der Waals surface area contributed by atoms with E-state index in [1.54, 1.807) is 31.3 Å². The van der Waals surface area contributed by atoms with E-state index >= 15 is 0 Å². The Kier molecular flexibility index (Phi) is 3.85. The van der Waals surface area contributed by atoms with E-state index in [9.17, 15) is 5.11 Å². The average molecular weight is 284 g/mol. The minimum absolute atomic E-state index is 0.358. The van der Waals surface area contributed by atoms with Crippen LogP contribution in [0, 0.1) is 6.92 Å². The van der Waals surface area contributed by atoms with Gasteiger partial charge in [-0.3, -0.25) is 0 Å². The molecule has 2 N–H and O–H groups in total. The predicted molar refractivity (Wildman–Crippen MR) is 74.2 cm³/mol. The number of aromatic nitrogens is 2. The number of hydrogen-bond acceptors (Lipinski definition) is 5. The average Bonchev–Trinajstić information content (AvgIpc) is 2.79. The summed E-state index contributed by atoms with van der Waals surface area (Å²) in [6.45, 7) is 3.89. The highest BCUT2D eigenvalue weighted by Gasteiger charge is 2.23. The Morgan fingerprint density at radius 1 is 1.50 bits per heavy atom. The Balaban J connectivity index is 2.07. The number of thiophene rings is 1. The molecule has 96 valence electrons. The molecule has 2 aromatic heterocycles. The highest BCUT2D eigenvalue weighted by Crippen LogP contribution is 2.23.